The Kier molecular flexibility index (Phi) is 6.59. The number of carbonyl (C=O) groups is 3. The van der Waals surface area contributed by atoms with Crippen molar-refractivity contribution in [2.75, 3.05) is 0 Å². The topological polar surface area (TPSA) is 112 Å². The van der Waals surface area contributed by atoms with Crippen LogP contribution in [0.15, 0.2) is 64.8 Å². The average Bonchev–Trinajstić information content (AvgIpc) is 3.33. The largest absolute Gasteiger partial charge is 0.381 e. The minimum Gasteiger partial charge on any atom is -0.381 e. The van der Waals surface area contributed by atoms with E-state index in [9.17, 15) is 19.5 Å². The molecule has 0 bridgehead atoms. The number of allylic oxidation sites excluding steroid dienone is 3. The summed E-state index contributed by atoms with van der Waals surface area (Å²) in [5.74, 6) is -2.17. The van der Waals surface area contributed by atoms with E-state index in [2.05, 4.69) is 46.1 Å². The molecule has 4 aliphatic rings. The highest BCUT2D eigenvalue weighted by molar-refractivity contribution is 9.10. The zero-order valence-corrected chi connectivity index (χ0v) is 24.7. The molecule has 2 aliphatic carbocycles. The minimum atomic E-state index is -1.42. The van der Waals surface area contributed by atoms with Gasteiger partial charge in [0.1, 0.15) is 11.5 Å². The standard InChI is InChI=1S/C32H35BrN2O5/c1-16-6-5-7-22-29-31(4,40-29)18(3)27-24(13-19-15-34-23-9-8-20(33)14-21(19)23)35-30(39)32(22,27)26(37)11-10-25(36)28(38)17(2)12-16/h5,7-12,14-16,18,22,24,27-29,34,38H,6,13H2,1-4H3,(H,35,39)/b7-5+,11-10+,17-12+/t16-,18-,22-,24-,27-,28+,29-,31+,32+/m0/s1. The van der Waals surface area contributed by atoms with Gasteiger partial charge in [0.2, 0.25) is 5.91 Å². The smallest absolute Gasteiger partial charge is 0.235 e. The number of carbonyl (C=O) groups excluding carboxylic acids is 3. The number of hydrogen-bond donors (Lipinski definition) is 3. The van der Waals surface area contributed by atoms with Crippen LogP contribution in [0.3, 0.4) is 0 Å². The number of H-pyrrole nitrogens is 1. The van der Waals surface area contributed by atoms with Crippen molar-refractivity contribution in [3.05, 3.63) is 70.4 Å². The number of nitrogens with one attached hydrogen (secondary N) is 2. The summed E-state index contributed by atoms with van der Waals surface area (Å²) in [5, 5.41) is 14.9. The van der Waals surface area contributed by atoms with Crippen molar-refractivity contribution in [1.82, 2.24) is 10.3 Å². The Hall–Kier alpha value is -2.81. The first-order valence-corrected chi connectivity index (χ1v) is 14.8. The molecule has 210 valence electrons. The molecular formula is C32H35BrN2O5. The fourth-order valence-corrected chi connectivity index (χ4v) is 8.04. The summed E-state index contributed by atoms with van der Waals surface area (Å²) in [6.45, 7) is 7.89. The Bertz CT molecular complexity index is 1510. The summed E-state index contributed by atoms with van der Waals surface area (Å²) < 4.78 is 7.30. The number of aliphatic hydroxyl groups is 1. The van der Waals surface area contributed by atoms with E-state index in [-0.39, 0.29) is 35.8 Å². The van der Waals surface area contributed by atoms with Gasteiger partial charge < -0.3 is 20.1 Å². The van der Waals surface area contributed by atoms with Crippen LogP contribution >= 0.6 is 15.9 Å². The molecule has 8 heteroatoms. The summed E-state index contributed by atoms with van der Waals surface area (Å²) in [7, 11) is 0. The van der Waals surface area contributed by atoms with Crippen LogP contribution < -0.4 is 5.32 Å². The fourth-order valence-electron chi connectivity index (χ4n) is 7.68. The molecular weight excluding hydrogens is 572 g/mol. The SMILES string of the molecule is C/C1=C\[C@@H](C)C/C=C/[C@H]2[C@@H]3O[C@]3(C)[C@@H](C)[C@H]3[C@H](Cc4c[nH]c5ccc(Br)cc45)NC(=O)[C@]32C(=O)/C=C/C(=O)[C@@H]1O. The third-order valence-corrected chi connectivity index (χ3v) is 10.4. The summed E-state index contributed by atoms with van der Waals surface area (Å²) in [4.78, 5) is 44.6. The van der Waals surface area contributed by atoms with Crippen molar-refractivity contribution >= 4 is 44.3 Å². The number of halogens is 1. The molecule has 1 amide bonds. The molecule has 1 saturated carbocycles. The van der Waals surface area contributed by atoms with Crippen LogP contribution in [0.1, 0.15) is 39.7 Å². The number of fused-ring (bicyclic) bond motifs is 3. The third-order valence-electron chi connectivity index (χ3n) is 9.91. The summed E-state index contributed by atoms with van der Waals surface area (Å²) in [6.07, 6.45) is 9.83. The van der Waals surface area contributed by atoms with Crippen LogP contribution in [0.5, 0.6) is 0 Å². The zero-order valence-electron chi connectivity index (χ0n) is 23.1. The molecule has 7 nitrogen and oxygen atoms in total. The number of amides is 1. The molecule has 3 heterocycles. The van der Waals surface area contributed by atoms with Crippen LogP contribution in [-0.2, 0) is 25.5 Å². The number of benzene rings is 1. The van der Waals surface area contributed by atoms with Crippen molar-refractivity contribution in [2.45, 2.75) is 64.4 Å². The van der Waals surface area contributed by atoms with Crippen molar-refractivity contribution in [2.24, 2.45) is 29.1 Å². The molecule has 1 aromatic heterocycles. The number of ether oxygens (including phenoxy) is 1. The van der Waals surface area contributed by atoms with Crippen LogP contribution in [0.4, 0.5) is 0 Å². The Morgan fingerprint density at radius 1 is 1.18 bits per heavy atom. The van der Waals surface area contributed by atoms with Crippen molar-refractivity contribution in [3.8, 4) is 0 Å². The second kappa shape index (κ2) is 9.64. The molecule has 2 aliphatic heterocycles. The van der Waals surface area contributed by atoms with Crippen molar-refractivity contribution < 1.29 is 24.2 Å². The lowest BCUT2D eigenvalue weighted by molar-refractivity contribution is -0.145. The van der Waals surface area contributed by atoms with E-state index in [1.165, 1.54) is 6.08 Å². The molecule has 1 aromatic carbocycles. The maximum absolute atomic E-state index is 14.3. The summed E-state index contributed by atoms with van der Waals surface area (Å²) in [5.41, 5.74) is 0.733. The minimum absolute atomic E-state index is 0.0613. The number of rotatable bonds is 2. The Balaban J connectivity index is 1.46. The first-order valence-electron chi connectivity index (χ1n) is 14.0. The lowest BCUT2D eigenvalue weighted by Crippen LogP contribution is -2.58. The molecule has 3 fully saturated rings. The highest BCUT2D eigenvalue weighted by atomic mass is 79.9. The molecule has 9 atom stereocenters. The van der Waals surface area contributed by atoms with Crippen LogP contribution in [0, 0.1) is 29.1 Å². The quantitative estimate of drug-likeness (QED) is 0.263. The number of hydrogen-bond acceptors (Lipinski definition) is 5. The Labute approximate surface area is 242 Å². The predicted octanol–water partition coefficient (Wildman–Crippen LogP) is 4.59. The maximum Gasteiger partial charge on any atom is 0.235 e. The van der Waals surface area contributed by atoms with Gasteiger partial charge in [-0.3, -0.25) is 14.4 Å². The maximum atomic E-state index is 14.3. The highest BCUT2D eigenvalue weighted by Crippen LogP contribution is 2.66. The molecule has 40 heavy (non-hydrogen) atoms. The van der Waals surface area contributed by atoms with Crippen LogP contribution in [0.2, 0.25) is 0 Å². The molecule has 1 spiro atoms. The lowest BCUT2D eigenvalue weighted by atomic mass is 9.51. The Morgan fingerprint density at radius 2 is 1.95 bits per heavy atom. The van der Waals surface area contributed by atoms with Gasteiger partial charge in [-0.2, -0.15) is 0 Å². The normalized spacial score (nSPS) is 42.3. The first-order chi connectivity index (χ1) is 19.0. The van der Waals surface area contributed by atoms with E-state index in [1.54, 1.807) is 6.92 Å². The van der Waals surface area contributed by atoms with Gasteiger partial charge in [-0.15, -0.1) is 0 Å². The van der Waals surface area contributed by atoms with Gasteiger partial charge in [0, 0.05) is 39.5 Å². The van der Waals surface area contributed by atoms with Gasteiger partial charge in [0.15, 0.2) is 11.6 Å². The second-order valence-electron chi connectivity index (χ2n) is 12.3. The highest BCUT2D eigenvalue weighted by Gasteiger charge is 2.78. The van der Waals surface area contributed by atoms with E-state index in [0.29, 0.717) is 18.4 Å². The van der Waals surface area contributed by atoms with E-state index >= 15 is 0 Å². The molecule has 0 radical (unpaired) electrons. The third kappa shape index (κ3) is 4.02. The zero-order chi connectivity index (χ0) is 28.6. The van der Waals surface area contributed by atoms with Crippen LogP contribution in [0.25, 0.3) is 10.9 Å². The van der Waals surface area contributed by atoms with E-state index in [0.717, 1.165) is 27.0 Å². The molecule has 2 aromatic rings. The van der Waals surface area contributed by atoms with Gasteiger partial charge in [-0.25, -0.2) is 0 Å². The molecule has 6 rings (SSSR count). The van der Waals surface area contributed by atoms with E-state index in [1.807, 2.05) is 43.5 Å². The van der Waals surface area contributed by atoms with Gasteiger partial charge in [-0.05, 0) is 80.0 Å². The number of aromatic amines is 1. The average molecular weight is 608 g/mol. The first kappa shape index (κ1) is 27.4. The number of aromatic nitrogens is 1. The fraction of sp³-hybridized carbons (Fsp3) is 0.469. The van der Waals surface area contributed by atoms with Gasteiger partial charge in [0.25, 0.3) is 0 Å². The van der Waals surface area contributed by atoms with Crippen molar-refractivity contribution in [1.29, 1.82) is 0 Å². The molecule has 2 saturated heterocycles. The summed E-state index contributed by atoms with van der Waals surface area (Å²) in [6, 6.07) is 5.74. The number of aliphatic hydroxyl groups excluding tert-OH is 1. The number of epoxide rings is 1. The monoisotopic (exact) mass is 606 g/mol. The predicted molar refractivity (Wildman–Crippen MR) is 155 cm³/mol. The van der Waals surface area contributed by atoms with Crippen LogP contribution in [-0.4, -0.2) is 51.4 Å². The Morgan fingerprint density at radius 3 is 2.73 bits per heavy atom. The molecule has 0 unspecified atom stereocenters. The van der Waals surface area contributed by atoms with Gasteiger partial charge in [-0.1, -0.05) is 48.0 Å². The van der Waals surface area contributed by atoms with Gasteiger partial charge >= 0.3 is 0 Å². The van der Waals surface area contributed by atoms with E-state index < -0.39 is 34.6 Å². The second-order valence-corrected chi connectivity index (χ2v) is 13.2. The van der Waals surface area contributed by atoms with Gasteiger partial charge in [0.05, 0.1) is 11.7 Å². The van der Waals surface area contributed by atoms with E-state index in [4.69, 9.17) is 4.74 Å². The molecule has 3 N–H and O–H groups in total. The summed E-state index contributed by atoms with van der Waals surface area (Å²) >= 11 is 3.57. The van der Waals surface area contributed by atoms with Crippen molar-refractivity contribution in [3.63, 3.8) is 0 Å². The lowest BCUT2D eigenvalue weighted by Gasteiger charge is -2.45. The number of ketones is 2.